The van der Waals surface area contributed by atoms with Crippen molar-refractivity contribution in [2.45, 2.75) is 426 Å². The zero-order chi connectivity index (χ0) is 74.6. The molecular weight excluding hydrogens is 1230 g/mol. The third kappa shape index (κ3) is 50.2. The van der Waals surface area contributed by atoms with Crippen LogP contribution < -0.4 is 0 Å². The summed E-state index contributed by atoms with van der Waals surface area (Å²) >= 11 is 0. The van der Waals surface area contributed by atoms with Crippen molar-refractivity contribution >= 4 is 34.7 Å². The molecule has 7 rings (SSSR count). The van der Waals surface area contributed by atoms with Crippen molar-refractivity contribution in [3.63, 3.8) is 0 Å². The summed E-state index contributed by atoms with van der Waals surface area (Å²) in [5.74, 6) is 10.6. The van der Waals surface area contributed by atoms with Crippen molar-refractivity contribution in [2.75, 3.05) is 0 Å². The first kappa shape index (κ1) is 94.7. The van der Waals surface area contributed by atoms with Crippen LogP contribution in [0.4, 0.5) is 0 Å². The molecule has 0 saturated heterocycles. The van der Waals surface area contributed by atoms with Gasteiger partial charge in [0.15, 0.2) is 28.9 Å². The van der Waals surface area contributed by atoms with Crippen molar-refractivity contribution in [1.82, 2.24) is 0 Å². The Morgan fingerprint density at radius 3 is 1.01 bits per heavy atom. The first-order chi connectivity index (χ1) is 47.7. The van der Waals surface area contributed by atoms with Crippen LogP contribution in [0.5, 0.6) is 0 Å². The quantitative estimate of drug-likeness (QED) is 0.0620. The minimum absolute atomic E-state index is 0.0160. The van der Waals surface area contributed by atoms with Gasteiger partial charge in [-0.3, -0.25) is 28.8 Å². The zero-order valence-corrected chi connectivity index (χ0v) is 69.0. The maximum Gasteiger partial charge on any atom is 0.155 e. The molecule has 7 aliphatic rings. The van der Waals surface area contributed by atoms with Gasteiger partial charge in [-0.2, -0.15) is 0 Å². The van der Waals surface area contributed by atoms with Crippen LogP contribution in [-0.2, 0) is 28.8 Å². The van der Waals surface area contributed by atoms with Gasteiger partial charge in [0, 0.05) is 44.4 Å². The lowest BCUT2D eigenvalue weighted by Crippen LogP contribution is -2.14. The van der Waals surface area contributed by atoms with E-state index in [0.717, 1.165) is 114 Å². The van der Waals surface area contributed by atoms with Gasteiger partial charge in [-0.05, 0) is 233 Å². The number of unbranched alkanes of at least 4 members (excludes halogenated alkanes) is 10. The Labute approximate surface area is 620 Å². The zero-order valence-electron chi connectivity index (χ0n) is 69.0. The van der Waals surface area contributed by atoms with Gasteiger partial charge in [0.1, 0.15) is 5.78 Å². The van der Waals surface area contributed by atoms with Crippen molar-refractivity contribution < 1.29 is 33.9 Å². The second kappa shape index (κ2) is 58.9. The Morgan fingerprint density at radius 2 is 0.670 bits per heavy atom. The summed E-state index contributed by atoms with van der Waals surface area (Å²) in [6.07, 6.45) is 65.9. The number of allylic oxidation sites excluding steroid dienone is 10. The van der Waals surface area contributed by atoms with Crippen LogP contribution in [0.25, 0.3) is 0 Å². The summed E-state index contributed by atoms with van der Waals surface area (Å²) < 4.78 is 0. The van der Waals surface area contributed by atoms with Crippen LogP contribution in [0.15, 0.2) is 58.2 Å². The van der Waals surface area contributed by atoms with E-state index >= 15 is 0 Å². The lowest BCUT2D eigenvalue weighted by molar-refractivity contribution is -0.121. The fourth-order valence-electron chi connectivity index (χ4n) is 16.6. The van der Waals surface area contributed by atoms with E-state index in [4.69, 9.17) is 0 Å². The SMILES string of the molecule is CC1=CC(=O)CC(CC(C)C)C1.CCC(C)CCCC(C)CCC1CCCC1=O.CCC(C)CCCC(C)CCC1CCCC1O.CCCCC1CC(=O)C=C(C)C1.CCCCCC1CC(=O)C=C(C)C1.CCCCCCC1CC(=O)C=C(C)C1.CCCCCCCC1CC(=O)C=C(C)C1. The second-order valence-corrected chi connectivity index (χ2v) is 34.5. The molecule has 1 N–H and O–H groups in total. The summed E-state index contributed by atoms with van der Waals surface area (Å²) in [7, 11) is 0. The lowest BCUT2D eigenvalue weighted by atomic mass is 9.83. The van der Waals surface area contributed by atoms with Crippen LogP contribution in [0.3, 0.4) is 0 Å². The predicted molar refractivity (Wildman–Crippen MR) is 432 cm³/mol. The topological polar surface area (TPSA) is 123 Å². The molecule has 2 fully saturated rings. The van der Waals surface area contributed by atoms with E-state index in [0.29, 0.717) is 82.0 Å². The molecule has 0 aromatic rings. The molecule has 7 aliphatic carbocycles. The van der Waals surface area contributed by atoms with E-state index in [1.165, 1.54) is 240 Å². The number of Topliss-reactive ketones (excluding diaryl/α,β-unsaturated/α-hetero) is 1. The van der Waals surface area contributed by atoms with E-state index in [9.17, 15) is 33.9 Å². The van der Waals surface area contributed by atoms with Crippen molar-refractivity contribution in [3.05, 3.63) is 58.2 Å². The molecule has 12 atom stereocenters. The summed E-state index contributed by atoms with van der Waals surface area (Å²) in [5, 5.41) is 9.78. The average Bonchev–Trinajstić information content (AvgIpc) is 1.37. The summed E-state index contributed by atoms with van der Waals surface area (Å²) in [4.78, 5) is 67.8. The second-order valence-electron chi connectivity index (χ2n) is 34.5. The molecule has 2 saturated carbocycles. The van der Waals surface area contributed by atoms with Crippen LogP contribution >= 0.6 is 0 Å². The highest BCUT2D eigenvalue weighted by Crippen LogP contribution is 2.34. The largest absolute Gasteiger partial charge is 0.393 e. The normalized spacial score (nSPS) is 24.1. The van der Waals surface area contributed by atoms with Crippen molar-refractivity contribution in [1.29, 1.82) is 0 Å². The molecule has 0 radical (unpaired) electrons. The Balaban J connectivity index is 0.000000586. The van der Waals surface area contributed by atoms with Gasteiger partial charge in [-0.15, -0.1) is 0 Å². The van der Waals surface area contributed by atoms with Crippen LogP contribution in [0.1, 0.15) is 419 Å². The van der Waals surface area contributed by atoms with Gasteiger partial charge in [-0.1, -0.05) is 271 Å². The van der Waals surface area contributed by atoms with Crippen LogP contribution in [-0.4, -0.2) is 45.9 Å². The van der Waals surface area contributed by atoms with Gasteiger partial charge in [0.05, 0.1) is 6.10 Å². The minimum atomic E-state index is 0.0160. The van der Waals surface area contributed by atoms with E-state index in [-0.39, 0.29) is 6.10 Å². The molecular formula is C93H164O7. The number of aliphatic hydroxyl groups is 1. The predicted octanol–water partition coefficient (Wildman–Crippen LogP) is 27.5. The Hall–Kier alpha value is -3.32. The molecule has 0 aliphatic heterocycles. The fraction of sp³-hybridized carbons (Fsp3) is 0.828. The standard InChI is InChI=1S/C16H32O.C16H30O.C14H24O.C13H22O.C12H20O.2C11H18O/c2*1-4-13(2)7-5-8-14(3)11-12-15-9-6-10-16(15)17;1-3-4-5-6-7-8-13-9-12(2)10-14(15)11-13;1-3-4-5-6-7-12-8-11(2)9-13(14)10-12;1-3-4-5-6-11-7-10(2)8-12(13)9-11;1-8(2)4-10-5-9(3)6-11(12)7-10;1-3-4-5-10-6-9(2)7-11(12)8-10/h13-17H,4-12H2,1-3H3;13-15H,4-12H2,1-3H3;10,13H,3-9,11H2,1-2H3;9,12H,3-8,10H2,1-2H3;8,11H,3-7,9H2,1-2H3;6,8,10H,4-5,7H2,1-3H3;7,10H,3-6,8H2,1-2H3. The Kier molecular flexibility index (Phi) is 55.8. The molecule has 0 aromatic heterocycles. The van der Waals surface area contributed by atoms with Crippen LogP contribution in [0.2, 0.25) is 0 Å². The molecule has 7 heteroatoms. The van der Waals surface area contributed by atoms with E-state index in [1.807, 2.05) is 24.3 Å². The minimum Gasteiger partial charge on any atom is -0.393 e. The van der Waals surface area contributed by atoms with Crippen molar-refractivity contribution in [2.24, 2.45) is 71.0 Å². The van der Waals surface area contributed by atoms with Gasteiger partial charge >= 0.3 is 0 Å². The number of rotatable bonds is 36. The molecule has 0 spiro atoms. The first-order valence-corrected chi connectivity index (χ1v) is 42.9. The molecule has 0 bridgehead atoms. The number of hydrogen-bond donors (Lipinski definition) is 1. The monoisotopic (exact) mass is 1390 g/mol. The number of ketones is 6. The maximum atomic E-state index is 11.5. The highest BCUT2D eigenvalue weighted by atomic mass is 16.3. The number of carbonyl (C=O) groups is 6. The third-order valence-electron chi connectivity index (χ3n) is 23.0. The molecule has 0 amide bonds. The molecule has 7 nitrogen and oxygen atoms in total. The highest BCUT2D eigenvalue weighted by molar-refractivity contribution is 5.93. The summed E-state index contributed by atoms with van der Waals surface area (Å²) in [6, 6.07) is 0. The van der Waals surface area contributed by atoms with Crippen LogP contribution in [0, 0.1) is 71.0 Å². The van der Waals surface area contributed by atoms with Crippen molar-refractivity contribution in [3.8, 4) is 0 Å². The number of carbonyl (C=O) groups excluding carboxylic acids is 6. The van der Waals surface area contributed by atoms with Gasteiger partial charge in [-0.25, -0.2) is 0 Å². The summed E-state index contributed by atoms with van der Waals surface area (Å²) in [6.45, 7) is 37.7. The number of hydrogen-bond acceptors (Lipinski definition) is 7. The van der Waals surface area contributed by atoms with E-state index in [1.54, 1.807) is 6.08 Å². The fourth-order valence-corrected chi connectivity index (χ4v) is 16.6. The average molecular weight is 1390 g/mol. The molecule has 0 heterocycles. The molecule has 12 unspecified atom stereocenters. The van der Waals surface area contributed by atoms with E-state index in [2.05, 4.69) is 118 Å². The summed E-state index contributed by atoms with van der Waals surface area (Å²) in [5.41, 5.74) is 6.37. The van der Waals surface area contributed by atoms with E-state index < -0.39 is 0 Å². The first-order valence-electron chi connectivity index (χ1n) is 42.9. The molecule has 578 valence electrons. The Morgan fingerprint density at radius 1 is 0.340 bits per heavy atom. The lowest BCUT2D eigenvalue weighted by Gasteiger charge is -2.21. The maximum absolute atomic E-state index is 11.5. The van der Waals surface area contributed by atoms with Gasteiger partial charge in [0.25, 0.3) is 0 Å². The molecule has 100 heavy (non-hydrogen) atoms. The van der Waals surface area contributed by atoms with Gasteiger partial charge < -0.3 is 5.11 Å². The third-order valence-corrected chi connectivity index (χ3v) is 23.0. The highest BCUT2D eigenvalue weighted by Gasteiger charge is 2.27. The smallest absolute Gasteiger partial charge is 0.155 e. The molecule has 0 aromatic carbocycles. The van der Waals surface area contributed by atoms with Gasteiger partial charge in [0.2, 0.25) is 0 Å². The Bertz CT molecular complexity index is 2360. The number of aliphatic hydroxyl groups excluding tert-OH is 1.